The van der Waals surface area contributed by atoms with Crippen molar-refractivity contribution in [3.05, 3.63) is 59.4 Å². The number of likely N-dealkylation sites (tertiary alicyclic amines) is 1. The third kappa shape index (κ3) is 6.29. The molecule has 2 aromatic rings. The number of carbonyl (C=O) groups is 1. The third-order valence-electron chi connectivity index (χ3n) is 5.72. The van der Waals surface area contributed by atoms with Gasteiger partial charge in [-0.1, -0.05) is 18.2 Å². The Morgan fingerprint density at radius 3 is 2.35 bits per heavy atom. The van der Waals surface area contributed by atoms with E-state index in [-0.39, 0.29) is 47.8 Å². The summed E-state index contributed by atoms with van der Waals surface area (Å²) in [5.74, 6) is -3.18. The van der Waals surface area contributed by atoms with E-state index in [2.05, 4.69) is 4.72 Å². The third-order valence-corrected chi connectivity index (χ3v) is 7.14. The van der Waals surface area contributed by atoms with Gasteiger partial charge in [0.05, 0.1) is 11.8 Å². The van der Waals surface area contributed by atoms with Crippen molar-refractivity contribution in [2.75, 3.05) is 12.3 Å². The van der Waals surface area contributed by atoms with Gasteiger partial charge >= 0.3 is 0 Å². The average Bonchev–Trinajstić information content (AvgIpc) is 3.08. The molecule has 1 heterocycles. The van der Waals surface area contributed by atoms with Crippen LogP contribution in [-0.2, 0) is 21.2 Å². The lowest BCUT2D eigenvalue weighted by molar-refractivity contribution is -0.148. The second-order valence-corrected chi connectivity index (χ2v) is 10.7. The Hall–Kier alpha value is -2.14. The van der Waals surface area contributed by atoms with E-state index in [0.717, 1.165) is 12.1 Å². The molecule has 0 spiro atoms. The summed E-state index contributed by atoms with van der Waals surface area (Å²) in [7, 11) is -3.61. The SMILES string of the molecule is CCS(=O)(=O)N[C@H]1CCN(C(=O)C(C)(C)O)[C@H]1Cc1cccc(-c2cc(F)cc(F)c2)c1F.Cl. The van der Waals surface area contributed by atoms with E-state index in [1.54, 1.807) is 0 Å². The fourth-order valence-corrected chi connectivity index (χ4v) is 4.96. The fourth-order valence-electron chi connectivity index (χ4n) is 4.06. The molecule has 34 heavy (non-hydrogen) atoms. The highest BCUT2D eigenvalue weighted by molar-refractivity contribution is 7.89. The number of amides is 1. The molecule has 2 aromatic carbocycles. The van der Waals surface area contributed by atoms with Gasteiger partial charge in [0.1, 0.15) is 23.1 Å². The van der Waals surface area contributed by atoms with Gasteiger partial charge in [-0.05, 0) is 56.9 Å². The van der Waals surface area contributed by atoms with Crippen molar-refractivity contribution in [3.63, 3.8) is 0 Å². The highest BCUT2D eigenvalue weighted by atomic mass is 35.5. The standard InChI is InChI=1S/C23H27F3N2O4S.ClH/c1-4-33(31,32)27-19-8-9-28(22(29)23(2,3)30)20(19)12-14-6-5-7-18(21(14)26)15-10-16(24)13-17(25)11-15;/h5-7,10-11,13,19-20,27,30H,4,8-9,12H2,1-3H3;1H/t19-,20-;/m0./s1. The Labute approximate surface area is 203 Å². The summed E-state index contributed by atoms with van der Waals surface area (Å²) < 4.78 is 69.7. The number of halogens is 4. The predicted octanol–water partition coefficient (Wildman–Crippen LogP) is 3.41. The molecule has 11 heteroatoms. The molecular formula is C23H28ClF3N2O4S. The molecule has 0 aliphatic carbocycles. The first-order valence-electron chi connectivity index (χ1n) is 10.6. The smallest absolute Gasteiger partial charge is 0.254 e. The molecular weight excluding hydrogens is 493 g/mol. The predicted molar refractivity (Wildman–Crippen MR) is 126 cm³/mol. The minimum atomic E-state index is -3.61. The topological polar surface area (TPSA) is 86.7 Å². The van der Waals surface area contributed by atoms with E-state index < -0.39 is 51.1 Å². The van der Waals surface area contributed by atoms with Crippen LogP contribution >= 0.6 is 12.4 Å². The van der Waals surface area contributed by atoms with E-state index in [1.807, 2.05) is 0 Å². The molecule has 1 fully saturated rings. The lowest BCUT2D eigenvalue weighted by atomic mass is 9.95. The largest absolute Gasteiger partial charge is 0.381 e. The van der Waals surface area contributed by atoms with Gasteiger partial charge in [0, 0.05) is 24.2 Å². The maximum absolute atomic E-state index is 15.4. The zero-order valence-corrected chi connectivity index (χ0v) is 20.6. The number of rotatable bonds is 7. The van der Waals surface area contributed by atoms with Crippen LogP contribution in [0.1, 0.15) is 32.8 Å². The van der Waals surface area contributed by atoms with Crippen LogP contribution in [0.15, 0.2) is 36.4 Å². The number of hydrogen-bond acceptors (Lipinski definition) is 4. The van der Waals surface area contributed by atoms with Gasteiger partial charge in [0.2, 0.25) is 10.0 Å². The molecule has 188 valence electrons. The van der Waals surface area contributed by atoms with Crippen LogP contribution in [0.25, 0.3) is 11.1 Å². The van der Waals surface area contributed by atoms with Crippen LogP contribution in [0, 0.1) is 17.5 Å². The van der Waals surface area contributed by atoms with Crippen molar-refractivity contribution >= 4 is 28.3 Å². The Morgan fingerprint density at radius 1 is 1.18 bits per heavy atom. The van der Waals surface area contributed by atoms with Crippen LogP contribution < -0.4 is 4.72 Å². The lowest BCUT2D eigenvalue weighted by Crippen LogP contribution is -2.52. The highest BCUT2D eigenvalue weighted by Crippen LogP contribution is 2.30. The monoisotopic (exact) mass is 520 g/mol. The first kappa shape index (κ1) is 28.1. The van der Waals surface area contributed by atoms with Crippen molar-refractivity contribution in [1.82, 2.24) is 9.62 Å². The Morgan fingerprint density at radius 2 is 1.79 bits per heavy atom. The summed E-state index contributed by atoms with van der Waals surface area (Å²) in [5, 5.41) is 10.2. The quantitative estimate of drug-likeness (QED) is 0.586. The van der Waals surface area contributed by atoms with E-state index in [9.17, 15) is 27.1 Å². The van der Waals surface area contributed by atoms with E-state index in [1.165, 1.54) is 43.9 Å². The molecule has 2 atom stereocenters. The molecule has 0 radical (unpaired) electrons. The summed E-state index contributed by atoms with van der Waals surface area (Å²) in [6.45, 7) is 4.32. The van der Waals surface area contributed by atoms with Crippen LogP contribution in [-0.4, -0.2) is 54.3 Å². The molecule has 2 N–H and O–H groups in total. The summed E-state index contributed by atoms with van der Waals surface area (Å²) in [4.78, 5) is 14.2. The number of benzene rings is 2. The van der Waals surface area contributed by atoms with Gasteiger partial charge < -0.3 is 10.0 Å². The number of sulfonamides is 1. The van der Waals surface area contributed by atoms with Gasteiger partial charge in [0.25, 0.3) is 5.91 Å². The zero-order chi connectivity index (χ0) is 24.6. The molecule has 6 nitrogen and oxygen atoms in total. The number of nitrogens with zero attached hydrogens (tertiary/aromatic N) is 1. The van der Waals surface area contributed by atoms with E-state index in [0.29, 0.717) is 12.5 Å². The van der Waals surface area contributed by atoms with Crippen molar-refractivity contribution in [3.8, 4) is 11.1 Å². The minimum absolute atomic E-state index is 0. The van der Waals surface area contributed by atoms with Gasteiger partial charge in [0.15, 0.2) is 0 Å². The summed E-state index contributed by atoms with van der Waals surface area (Å²) in [6.07, 6.45) is 0.234. The van der Waals surface area contributed by atoms with Gasteiger partial charge in [-0.2, -0.15) is 0 Å². The van der Waals surface area contributed by atoms with Crippen LogP contribution in [0.2, 0.25) is 0 Å². The molecule has 1 aliphatic rings. The minimum Gasteiger partial charge on any atom is -0.381 e. The van der Waals surface area contributed by atoms with Crippen molar-refractivity contribution in [2.45, 2.75) is 51.3 Å². The molecule has 3 rings (SSSR count). The number of aliphatic hydroxyl groups is 1. The average molecular weight is 521 g/mol. The van der Waals surface area contributed by atoms with Crippen LogP contribution in [0.5, 0.6) is 0 Å². The Bertz CT molecular complexity index is 1140. The van der Waals surface area contributed by atoms with Gasteiger partial charge in [-0.25, -0.2) is 26.3 Å². The first-order valence-corrected chi connectivity index (χ1v) is 12.2. The van der Waals surface area contributed by atoms with Crippen molar-refractivity contribution < 1.29 is 31.5 Å². The van der Waals surface area contributed by atoms with Gasteiger partial charge in [-0.3, -0.25) is 4.79 Å². The fraction of sp³-hybridized carbons (Fsp3) is 0.435. The number of carbonyl (C=O) groups excluding carboxylic acids is 1. The zero-order valence-electron chi connectivity index (χ0n) is 19.0. The molecule has 1 saturated heterocycles. The maximum Gasteiger partial charge on any atom is 0.254 e. The Kier molecular flexibility index (Phi) is 8.79. The molecule has 0 aromatic heterocycles. The van der Waals surface area contributed by atoms with Crippen LogP contribution in [0.3, 0.4) is 0 Å². The van der Waals surface area contributed by atoms with E-state index >= 15 is 4.39 Å². The first-order chi connectivity index (χ1) is 15.3. The van der Waals surface area contributed by atoms with Gasteiger partial charge in [-0.15, -0.1) is 12.4 Å². The number of nitrogens with one attached hydrogen (secondary N) is 1. The second-order valence-electron chi connectivity index (χ2n) is 8.68. The second kappa shape index (κ2) is 10.6. The Balaban J connectivity index is 0.00000408. The van der Waals surface area contributed by atoms with E-state index in [4.69, 9.17) is 0 Å². The molecule has 0 unspecified atom stereocenters. The summed E-state index contributed by atoms with van der Waals surface area (Å²) in [6, 6.07) is 5.67. The van der Waals surface area contributed by atoms with Crippen molar-refractivity contribution in [1.29, 1.82) is 0 Å². The molecule has 1 aliphatic heterocycles. The lowest BCUT2D eigenvalue weighted by Gasteiger charge is -2.32. The van der Waals surface area contributed by atoms with Crippen molar-refractivity contribution in [2.24, 2.45) is 0 Å². The number of hydrogen-bond donors (Lipinski definition) is 2. The summed E-state index contributed by atoms with van der Waals surface area (Å²) in [5.41, 5.74) is -1.55. The molecule has 0 bridgehead atoms. The molecule has 0 saturated carbocycles. The highest BCUT2D eigenvalue weighted by Gasteiger charge is 2.43. The van der Waals surface area contributed by atoms with Crippen LogP contribution in [0.4, 0.5) is 13.2 Å². The molecule has 1 amide bonds. The normalized spacial score (nSPS) is 18.6. The summed E-state index contributed by atoms with van der Waals surface area (Å²) >= 11 is 0. The maximum atomic E-state index is 15.4.